The molecule has 1 heterocycles. The highest BCUT2D eigenvalue weighted by atomic mass is 14.9. The monoisotopic (exact) mass is 396 g/mol. The number of hydrogen-bond donors (Lipinski definition) is 1. The fourth-order valence-electron chi connectivity index (χ4n) is 3.64. The summed E-state index contributed by atoms with van der Waals surface area (Å²) in [7, 11) is 0. The van der Waals surface area contributed by atoms with Crippen LogP contribution in [0.1, 0.15) is 45.6 Å². The summed E-state index contributed by atoms with van der Waals surface area (Å²) >= 11 is 0. The van der Waals surface area contributed by atoms with Gasteiger partial charge in [-0.2, -0.15) is 0 Å². The van der Waals surface area contributed by atoms with Gasteiger partial charge in [-0.3, -0.25) is 4.99 Å². The van der Waals surface area contributed by atoms with Crippen LogP contribution in [0, 0.1) is 5.92 Å². The molecule has 1 aliphatic heterocycles. The van der Waals surface area contributed by atoms with Gasteiger partial charge in [0.2, 0.25) is 0 Å². The molecule has 2 aliphatic rings. The van der Waals surface area contributed by atoms with E-state index < -0.39 is 0 Å². The quantitative estimate of drug-likeness (QED) is 0.446. The van der Waals surface area contributed by atoms with E-state index in [1.807, 2.05) is 13.1 Å². The summed E-state index contributed by atoms with van der Waals surface area (Å²) in [6, 6.07) is 8.40. The molecular weight excluding hydrogens is 364 g/mol. The zero-order valence-corrected chi connectivity index (χ0v) is 18.5. The van der Waals surface area contributed by atoms with Crippen LogP contribution < -0.4 is 5.32 Å². The van der Waals surface area contributed by atoms with Crippen LogP contribution in [-0.2, 0) is 0 Å². The second-order valence-electron chi connectivity index (χ2n) is 8.33. The molecular formula is C28H32N2. The third-order valence-corrected chi connectivity index (χ3v) is 5.31. The van der Waals surface area contributed by atoms with Gasteiger partial charge in [-0.25, -0.2) is 0 Å². The van der Waals surface area contributed by atoms with Crippen LogP contribution >= 0.6 is 0 Å². The number of rotatable bonds is 8. The van der Waals surface area contributed by atoms with E-state index in [1.54, 1.807) is 0 Å². The minimum Gasteiger partial charge on any atom is -0.356 e. The first-order valence-electron chi connectivity index (χ1n) is 10.6. The van der Waals surface area contributed by atoms with Gasteiger partial charge in [-0.05, 0) is 71.2 Å². The Morgan fingerprint density at radius 1 is 1.17 bits per heavy atom. The van der Waals surface area contributed by atoms with E-state index in [0.29, 0.717) is 5.92 Å². The minimum absolute atomic E-state index is 0.416. The number of allylic oxidation sites excluding steroid dienone is 9. The zero-order chi connectivity index (χ0) is 21.7. The second kappa shape index (κ2) is 9.58. The van der Waals surface area contributed by atoms with Crippen molar-refractivity contribution < 1.29 is 0 Å². The molecule has 2 nitrogen and oxygen atoms in total. The molecule has 0 saturated heterocycles. The highest BCUT2D eigenvalue weighted by molar-refractivity contribution is 6.04. The first-order chi connectivity index (χ1) is 14.3. The summed E-state index contributed by atoms with van der Waals surface area (Å²) < 4.78 is 0. The Labute approximate surface area is 181 Å². The largest absolute Gasteiger partial charge is 0.356 e. The topological polar surface area (TPSA) is 24.4 Å². The summed E-state index contributed by atoms with van der Waals surface area (Å²) in [6.07, 6.45) is 13.6. The molecule has 0 amide bonds. The van der Waals surface area contributed by atoms with Crippen molar-refractivity contribution in [2.75, 3.05) is 5.32 Å². The zero-order valence-electron chi connectivity index (χ0n) is 18.5. The molecule has 2 heteroatoms. The predicted octanol–water partition coefficient (Wildman–Crippen LogP) is 7.79. The van der Waals surface area contributed by atoms with E-state index in [9.17, 15) is 0 Å². The van der Waals surface area contributed by atoms with E-state index in [1.165, 1.54) is 16.7 Å². The van der Waals surface area contributed by atoms with Gasteiger partial charge >= 0.3 is 0 Å². The van der Waals surface area contributed by atoms with E-state index in [-0.39, 0.29) is 0 Å². The SMILES string of the molecule is C=C(C)C1=NC=C(/C(=C/C(C)C)C(=C)c2cccc(NC(=C)C3=CC=CCC3)c2)C1. The lowest BCUT2D eigenvalue weighted by Crippen LogP contribution is -2.04. The Morgan fingerprint density at radius 2 is 1.97 bits per heavy atom. The Hall–Kier alpha value is -3.13. The van der Waals surface area contributed by atoms with Crippen molar-refractivity contribution in [2.24, 2.45) is 10.9 Å². The van der Waals surface area contributed by atoms with Gasteiger partial charge in [-0.15, -0.1) is 0 Å². The number of benzene rings is 1. The first-order valence-corrected chi connectivity index (χ1v) is 10.6. The van der Waals surface area contributed by atoms with Gasteiger partial charge in [0.15, 0.2) is 0 Å². The molecule has 0 atom stereocenters. The minimum atomic E-state index is 0.416. The van der Waals surface area contributed by atoms with Crippen LogP contribution in [0.2, 0.25) is 0 Å². The van der Waals surface area contributed by atoms with Crippen LogP contribution in [0.25, 0.3) is 5.57 Å². The molecule has 1 aromatic rings. The first kappa shape index (κ1) is 21.6. The van der Waals surface area contributed by atoms with Crippen molar-refractivity contribution >= 4 is 17.0 Å². The van der Waals surface area contributed by atoms with E-state index >= 15 is 0 Å². The summed E-state index contributed by atoms with van der Waals surface area (Å²) in [5.41, 5.74) is 9.79. The maximum absolute atomic E-state index is 4.57. The molecule has 1 N–H and O–H groups in total. The standard InChI is InChI=1S/C28H32N2/c1-19(2)15-27(25-17-28(20(3)4)29-18-25)21(5)24-13-10-14-26(16-24)30-22(6)23-11-8-7-9-12-23/h7-8,10-11,13-16,18-19,30H,3,5-6,9,12,17H2,1-2,4H3/b27-15+. The van der Waals surface area contributed by atoms with Crippen molar-refractivity contribution in [3.8, 4) is 0 Å². The summed E-state index contributed by atoms with van der Waals surface area (Å²) in [4.78, 5) is 4.57. The maximum atomic E-state index is 4.57. The Bertz CT molecular complexity index is 1020. The molecule has 0 spiro atoms. The van der Waals surface area contributed by atoms with Crippen LogP contribution in [0.5, 0.6) is 0 Å². The van der Waals surface area contributed by atoms with E-state index in [4.69, 9.17) is 0 Å². The number of aliphatic imine (C=N–C) groups is 1. The molecule has 0 unspecified atom stereocenters. The Kier molecular flexibility index (Phi) is 6.89. The maximum Gasteiger partial charge on any atom is 0.0471 e. The van der Waals surface area contributed by atoms with Crippen LogP contribution in [0.15, 0.2) is 107 Å². The molecule has 154 valence electrons. The van der Waals surface area contributed by atoms with Gasteiger partial charge in [0.05, 0.1) is 0 Å². The van der Waals surface area contributed by atoms with Crippen molar-refractivity contribution in [3.05, 3.63) is 108 Å². The van der Waals surface area contributed by atoms with Gasteiger partial charge in [0.25, 0.3) is 0 Å². The van der Waals surface area contributed by atoms with Gasteiger partial charge < -0.3 is 5.32 Å². The third-order valence-electron chi connectivity index (χ3n) is 5.31. The molecule has 0 aromatic heterocycles. The summed E-state index contributed by atoms with van der Waals surface area (Å²) in [6.45, 7) is 19.1. The van der Waals surface area contributed by atoms with Gasteiger partial charge in [-0.1, -0.05) is 70.0 Å². The number of nitrogens with zero attached hydrogens (tertiary/aromatic N) is 1. The molecule has 0 saturated carbocycles. The molecule has 1 aromatic carbocycles. The van der Waals surface area contributed by atoms with Crippen molar-refractivity contribution in [1.82, 2.24) is 0 Å². The van der Waals surface area contributed by atoms with Gasteiger partial charge in [0.1, 0.15) is 0 Å². The van der Waals surface area contributed by atoms with Crippen molar-refractivity contribution in [3.63, 3.8) is 0 Å². The number of nitrogens with one attached hydrogen (secondary N) is 1. The summed E-state index contributed by atoms with van der Waals surface area (Å²) in [5.74, 6) is 0.416. The fourth-order valence-corrected chi connectivity index (χ4v) is 3.64. The van der Waals surface area contributed by atoms with Crippen molar-refractivity contribution in [2.45, 2.75) is 40.0 Å². The molecule has 3 rings (SSSR count). The van der Waals surface area contributed by atoms with Gasteiger partial charge in [0, 0.05) is 29.7 Å². The molecule has 0 bridgehead atoms. The predicted molar refractivity (Wildman–Crippen MR) is 133 cm³/mol. The van der Waals surface area contributed by atoms with Crippen molar-refractivity contribution in [1.29, 1.82) is 0 Å². The van der Waals surface area contributed by atoms with Crippen LogP contribution in [0.3, 0.4) is 0 Å². The molecule has 0 radical (unpaired) electrons. The lowest BCUT2D eigenvalue weighted by Gasteiger charge is -2.17. The second-order valence-corrected chi connectivity index (χ2v) is 8.33. The Balaban J connectivity index is 1.81. The molecule has 1 aliphatic carbocycles. The molecule has 30 heavy (non-hydrogen) atoms. The fraction of sp³-hybridized carbons (Fsp3) is 0.250. The normalized spacial score (nSPS) is 16.1. The molecule has 0 fully saturated rings. The van der Waals surface area contributed by atoms with Crippen LogP contribution in [0.4, 0.5) is 5.69 Å². The summed E-state index contributed by atoms with van der Waals surface area (Å²) in [5, 5.41) is 3.47. The lowest BCUT2D eigenvalue weighted by molar-refractivity contribution is 0.826. The third kappa shape index (κ3) is 5.27. The van der Waals surface area contributed by atoms with E-state index in [0.717, 1.165) is 53.1 Å². The highest BCUT2D eigenvalue weighted by Gasteiger charge is 2.18. The average Bonchev–Trinajstić information content (AvgIpc) is 3.22. The number of anilines is 1. The number of hydrogen-bond acceptors (Lipinski definition) is 2. The Morgan fingerprint density at radius 3 is 2.60 bits per heavy atom. The van der Waals surface area contributed by atoms with Crippen LogP contribution in [-0.4, -0.2) is 5.71 Å². The highest BCUT2D eigenvalue weighted by Crippen LogP contribution is 2.34. The smallest absolute Gasteiger partial charge is 0.0471 e. The van der Waals surface area contributed by atoms with E-state index in [2.05, 4.69) is 92.5 Å². The average molecular weight is 397 g/mol. The lowest BCUT2D eigenvalue weighted by atomic mass is 9.89.